The lowest BCUT2D eigenvalue weighted by Crippen LogP contribution is -2.22. The van der Waals surface area contributed by atoms with E-state index in [4.69, 9.17) is 11.0 Å². The van der Waals surface area contributed by atoms with Crippen LogP contribution in [0, 0.1) is 0 Å². The molecule has 0 saturated carbocycles. The van der Waals surface area contributed by atoms with Crippen LogP contribution in [0.2, 0.25) is 0 Å². The molecule has 6 N–H and O–H groups in total. The highest BCUT2D eigenvalue weighted by Gasteiger charge is 2.02. The van der Waals surface area contributed by atoms with Crippen molar-refractivity contribution in [2.45, 2.75) is 0 Å². The second-order valence-corrected chi connectivity index (χ2v) is 4.58. The number of aromatic nitrogens is 1. The molecule has 0 aliphatic carbocycles. The Balaban J connectivity index is 2.51. The van der Waals surface area contributed by atoms with Crippen LogP contribution in [0.3, 0.4) is 0 Å². The number of hydrazine groups is 1. The molecule has 0 atom stereocenters. The molecule has 1 aromatic rings. The Morgan fingerprint density at radius 1 is 1.33 bits per heavy atom. The summed E-state index contributed by atoms with van der Waals surface area (Å²) in [6.45, 7) is 0.208. The molecule has 84 valence electrons. The van der Waals surface area contributed by atoms with E-state index < -0.39 is 10.0 Å². The third-order valence-electron chi connectivity index (χ3n) is 1.59. The standard InChI is InChI=1S/C7H13N5O2S/c8-12-7-3-1-2-6(11-7)10-4-5-15(9,13)14/h1-3H,4-5,8H2,(H2,9,13,14)(H2,10,11,12). The Morgan fingerprint density at radius 2 is 2.00 bits per heavy atom. The fourth-order valence-corrected chi connectivity index (χ4v) is 1.32. The summed E-state index contributed by atoms with van der Waals surface area (Å²) in [5, 5.41) is 7.65. The Bertz CT molecular complexity index is 419. The van der Waals surface area contributed by atoms with Crippen molar-refractivity contribution < 1.29 is 8.42 Å². The van der Waals surface area contributed by atoms with E-state index >= 15 is 0 Å². The van der Waals surface area contributed by atoms with Gasteiger partial charge in [0, 0.05) is 6.54 Å². The zero-order valence-electron chi connectivity index (χ0n) is 7.97. The summed E-state index contributed by atoms with van der Waals surface area (Å²) in [7, 11) is -3.44. The first-order chi connectivity index (χ1) is 7.01. The third kappa shape index (κ3) is 4.58. The average Bonchev–Trinajstić information content (AvgIpc) is 2.16. The van der Waals surface area contributed by atoms with Gasteiger partial charge in [0.15, 0.2) is 0 Å². The van der Waals surface area contributed by atoms with Crippen molar-refractivity contribution in [3.63, 3.8) is 0 Å². The van der Waals surface area contributed by atoms with Gasteiger partial charge >= 0.3 is 0 Å². The smallest absolute Gasteiger partial charge is 0.210 e. The molecule has 15 heavy (non-hydrogen) atoms. The predicted octanol–water partition coefficient (Wildman–Crippen LogP) is -0.932. The van der Waals surface area contributed by atoms with Gasteiger partial charge < -0.3 is 10.7 Å². The van der Waals surface area contributed by atoms with E-state index in [1.807, 2.05) is 0 Å². The molecule has 0 radical (unpaired) electrons. The average molecular weight is 231 g/mol. The maximum atomic E-state index is 10.6. The predicted molar refractivity (Wildman–Crippen MR) is 58.5 cm³/mol. The van der Waals surface area contributed by atoms with Gasteiger partial charge in [-0.3, -0.25) is 0 Å². The van der Waals surface area contributed by atoms with Gasteiger partial charge in [-0.15, -0.1) is 0 Å². The molecule has 7 nitrogen and oxygen atoms in total. The molecule has 0 amide bonds. The number of nitrogens with zero attached hydrogens (tertiary/aromatic N) is 1. The normalized spacial score (nSPS) is 11.1. The molecule has 0 fully saturated rings. The van der Waals surface area contributed by atoms with Crippen LogP contribution in [-0.2, 0) is 10.0 Å². The SMILES string of the molecule is NNc1cccc(NCCS(N)(=O)=O)n1. The van der Waals surface area contributed by atoms with Crippen LogP contribution in [-0.4, -0.2) is 25.7 Å². The molecule has 0 saturated heterocycles. The Kier molecular flexibility index (Phi) is 3.83. The number of hydrogen-bond acceptors (Lipinski definition) is 6. The van der Waals surface area contributed by atoms with Gasteiger partial charge in [0.1, 0.15) is 11.6 Å². The van der Waals surface area contributed by atoms with E-state index in [9.17, 15) is 8.42 Å². The monoisotopic (exact) mass is 231 g/mol. The van der Waals surface area contributed by atoms with Gasteiger partial charge in [0.05, 0.1) is 5.75 Å². The lowest BCUT2D eigenvalue weighted by Gasteiger charge is -2.05. The van der Waals surface area contributed by atoms with E-state index in [0.717, 1.165) is 0 Å². The maximum Gasteiger partial charge on any atom is 0.210 e. The number of nitrogens with one attached hydrogen (secondary N) is 2. The van der Waals surface area contributed by atoms with Gasteiger partial charge in [-0.05, 0) is 12.1 Å². The zero-order chi connectivity index (χ0) is 11.3. The van der Waals surface area contributed by atoms with Gasteiger partial charge in [-0.25, -0.2) is 24.4 Å². The molecule has 0 aliphatic rings. The van der Waals surface area contributed by atoms with Gasteiger partial charge in [0.25, 0.3) is 0 Å². The van der Waals surface area contributed by atoms with Crippen LogP contribution in [0.25, 0.3) is 0 Å². The van der Waals surface area contributed by atoms with Crippen molar-refractivity contribution in [1.29, 1.82) is 0 Å². The number of pyridine rings is 1. The fraction of sp³-hybridized carbons (Fsp3) is 0.286. The zero-order valence-corrected chi connectivity index (χ0v) is 8.79. The molecule has 0 bridgehead atoms. The molecule has 0 aliphatic heterocycles. The first kappa shape index (κ1) is 11.7. The number of anilines is 2. The summed E-state index contributed by atoms with van der Waals surface area (Å²) < 4.78 is 21.3. The van der Waals surface area contributed by atoms with Gasteiger partial charge in [0.2, 0.25) is 10.0 Å². The summed E-state index contributed by atoms with van der Waals surface area (Å²) >= 11 is 0. The molecule has 1 rings (SSSR count). The van der Waals surface area contributed by atoms with Crippen molar-refractivity contribution in [3.05, 3.63) is 18.2 Å². The summed E-state index contributed by atoms with van der Waals surface area (Å²) in [4.78, 5) is 4.03. The molecule has 0 spiro atoms. The second-order valence-electron chi connectivity index (χ2n) is 2.85. The molecule has 0 aromatic carbocycles. The number of rotatable bonds is 5. The number of nitrogen functional groups attached to an aromatic ring is 1. The highest BCUT2D eigenvalue weighted by atomic mass is 32.2. The molecular formula is C7H13N5O2S. The number of primary sulfonamides is 1. The minimum Gasteiger partial charge on any atom is -0.369 e. The van der Waals surface area contributed by atoms with E-state index in [0.29, 0.717) is 11.6 Å². The highest BCUT2D eigenvalue weighted by Crippen LogP contribution is 2.06. The topological polar surface area (TPSA) is 123 Å². The van der Waals surface area contributed by atoms with E-state index in [1.165, 1.54) is 0 Å². The Hall–Kier alpha value is -1.38. The first-order valence-electron chi connectivity index (χ1n) is 4.19. The summed E-state index contributed by atoms with van der Waals surface area (Å²) in [5.41, 5.74) is 2.38. The van der Waals surface area contributed by atoms with Crippen LogP contribution in [0.5, 0.6) is 0 Å². The van der Waals surface area contributed by atoms with Crippen LogP contribution in [0.4, 0.5) is 11.6 Å². The van der Waals surface area contributed by atoms with Crippen molar-refractivity contribution in [1.82, 2.24) is 4.98 Å². The van der Waals surface area contributed by atoms with Crippen LogP contribution in [0.1, 0.15) is 0 Å². The minimum absolute atomic E-state index is 0.144. The lowest BCUT2D eigenvalue weighted by atomic mass is 10.4. The van der Waals surface area contributed by atoms with Gasteiger partial charge in [-0.2, -0.15) is 0 Å². The summed E-state index contributed by atoms with van der Waals surface area (Å²) in [6.07, 6.45) is 0. The highest BCUT2D eigenvalue weighted by molar-refractivity contribution is 7.89. The number of nitrogens with two attached hydrogens (primary N) is 2. The molecule has 1 heterocycles. The van der Waals surface area contributed by atoms with Crippen LogP contribution < -0.4 is 21.7 Å². The quantitative estimate of drug-likeness (QED) is 0.383. The maximum absolute atomic E-state index is 10.6. The molecule has 8 heteroatoms. The Morgan fingerprint density at radius 3 is 2.60 bits per heavy atom. The van der Waals surface area contributed by atoms with Crippen LogP contribution >= 0.6 is 0 Å². The molecule has 0 unspecified atom stereocenters. The van der Waals surface area contributed by atoms with Gasteiger partial charge in [-0.1, -0.05) is 6.07 Å². The first-order valence-corrected chi connectivity index (χ1v) is 5.91. The third-order valence-corrected chi connectivity index (χ3v) is 2.36. The van der Waals surface area contributed by atoms with Crippen molar-refractivity contribution in [2.24, 2.45) is 11.0 Å². The molecule has 1 aromatic heterocycles. The summed E-state index contributed by atoms with van der Waals surface area (Å²) in [5.74, 6) is 6.05. The van der Waals surface area contributed by atoms with Crippen molar-refractivity contribution >= 4 is 21.7 Å². The molecular weight excluding hydrogens is 218 g/mol. The Labute approximate surface area is 87.9 Å². The lowest BCUT2D eigenvalue weighted by molar-refractivity contribution is 0.598. The van der Waals surface area contributed by atoms with E-state index in [2.05, 4.69) is 15.7 Å². The second kappa shape index (κ2) is 4.91. The van der Waals surface area contributed by atoms with Crippen LogP contribution in [0.15, 0.2) is 18.2 Å². The number of hydrogen-bond donors (Lipinski definition) is 4. The largest absolute Gasteiger partial charge is 0.369 e. The fourth-order valence-electron chi connectivity index (χ4n) is 0.935. The van der Waals surface area contributed by atoms with Crippen molar-refractivity contribution in [3.8, 4) is 0 Å². The van der Waals surface area contributed by atoms with E-state index in [-0.39, 0.29) is 12.3 Å². The summed E-state index contributed by atoms with van der Waals surface area (Å²) in [6, 6.07) is 5.12. The minimum atomic E-state index is -3.44. The van der Waals surface area contributed by atoms with E-state index in [1.54, 1.807) is 18.2 Å². The number of sulfonamides is 1. The van der Waals surface area contributed by atoms with Crippen molar-refractivity contribution in [2.75, 3.05) is 23.0 Å².